The van der Waals surface area contributed by atoms with E-state index in [4.69, 9.17) is 10.2 Å². The van der Waals surface area contributed by atoms with Crippen LogP contribution in [0.15, 0.2) is 0 Å². The van der Waals surface area contributed by atoms with E-state index >= 15 is 0 Å². The number of aliphatic hydroxyl groups excluding tert-OH is 1. The molecule has 0 aromatic rings. The molecule has 0 saturated heterocycles. The molecule has 28 heavy (non-hydrogen) atoms. The zero-order valence-electron chi connectivity index (χ0n) is 19.5. The van der Waals surface area contributed by atoms with Gasteiger partial charge in [0, 0.05) is 6.04 Å². The van der Waals surface area contributed by atoms with Crippen molar-refractivity contribution in [1.29, 1.82) is 0 Å². The number of hydrogen-bond acceptors (Lipinski definition) is 3. The number of carboxylic acids is 1. The lowest BCUT2D eigenvalue weighted by Crippen LogP contribution is -2.24. The van der Waals surface area contributed by atoms with Gasteiger partial charge in [0.1, 0.15) is 0 Å². The maximum atomic E-state index is 10.4. The normalized spacial score (nSPS) is 12.9. The maximum absolute atomic E-state index is 10.4. The summed E-state index contributed by atoms with van der Waals surface area (Å²) >= 11 is 0. The third-order valence-corrected chi connectivity index (χ3v) is 5.28. The topological polar surface area (TPSA) is 69.6 Å². The van der Waals surface area contributed by atoms with Crippen LogP contribution in [-0.2, 0) is 4.79 Å². The summed E-state index contributed by atoms with van der Waals surface area (Å²) in [5, 5.41) is 20.9. The number of aliphatic carboxylic acids is 1. The molecule has 0 spiro atoms. The quantitative estimate of drug-likeness (QED) is 0.211. The second-order valence-electron chi connectivity index (χ2n) is 8.11. The predicted octanol–water partition coefficient (Wildman–Crippen LogP) is 6.70. The van der Waals surface area contributed by atoms with Crippen LogP contribution in [0.4, 0.5) is 0 Å². The van der Waals surface area contributed by atoms with E-state index < -0.39 is 12.1 Å². The van der Waals surface area contributed by atoms with Gasteiger partial charge in [-0.05, 0) is 26.3 Å². The molecule has 0 fully saturated rings. The Morgan fingerprint density at radius 3 is 1.43 bits per heavy atom. The third-order valence-electron chi connectivity index (χ3n) is 5.28. The lowest BCUT2D eigenvalue weighted by Gasteiger charge is -2.06. The van der Waals surface area contributed by atoms with Crippen molar-refractivity contribution in [3.8, 4) is 0 Å². The molecular weight excluding hydrogens is 350 g/mol. The first kappa shape index (κ1) is 29.6. The van der Waals surface area contributed by atoms with Crippen LogP contribution < -0.4 is 5.32 Å². The molecule has 0 bridgehead atoms. The number of unbranched alkanes of at least 4 members (excludes halogenated alkanes) is 13. The van der Waals surface area contributed by atoms with Gasteiger partial charge in [-0.3, -0.25) is 0 Å². The summed E-state index contributed by atoms with van der Waals surface area (Å²) in [4.78, 5) is 10.4. The van der Waals surface area contributed by atoms with Crippen molar-refractivity contribution in [2.45, 2.75) is 143 Å². The summed E-state index contributed by atoms with van der Waals surface area (Å²) in [6, 6.07) is 0.699. The molecule has 4 nitrogen and oxygen atoms in total. The molecule has 4 heteroatoms. The first-order valence-corrected chi connectivity index (χ1v) is 12.1. The summed E-state index contributed by atoms with van der Waals surface area (Å²) < 4.78 is 0. The predicted molar refractivity (Wildman–Crippen MR) is 122 cm³/mol. The number of hydrogen-bond donors (Lipinski definition) is 3. The molecule has 0 aromatic heterocycles. The molecule has 2 atom stereocenters. The van der Waals surface area contributed by atoms with E-state index in [0.717, 1.165) is 19.4 Å². The molecule has 0 aliphatic carbocycles. The molecule has 0 amide bonds. The van der Waals surface area contributed by atoms with Crippen molar-refractivity contribution in [2.24, 2.45) is 0 Å². The molecular formula is C24H51NO3. The van der Waals surface area contributed by atoms with Crippen LogP contribution in [0, 0.1) is 0 Å². The zero-order valence-corrected chi connectivity index (χ0v) is 19.5. The lowest BCUT2D eigenvalue weighted by atomic mass is 10.0. The second-order valence-corrected chi connectivity index (χ2v) is 8.11. The van der Waals surface area contributed by atoms with Gasteiger partial charge >= 0.3 is 5.97 Å². The monoisotopic (exact) mass is 401 g/mol. The summed E-state index contributed by atoms with van der Waals surface area (Å²) in [6.07, 6.45) is 18.5. The summed E-state index contributed by atoms with van der Waals surface area (Å²) in [5.41, 5.74) is 0. The highest BCUT2D eigenvalue weighted by Crippen LogP contribution is 2.13. The molecule has 0 aliphatic heterocycles. The number of carbonyl (C=O) groups is 1. The van der Waals surface area contributed by atoms with Crippen LogP contribution in [-0.4, -0.2) is 34.9 Å². The fourth-order valence-electron chi connectivity index (χ4n) is 3.15. The highest BCUT2D eigenvalue weighted by Gasteiger charge is 2.11. The average molecular weight is 402 g/mol. The van der Waals surface area contributed by atoms with E-state index in [2.05, 4.69) is 33.0 Å². The van der Waals surface area contributed by atoms with Gasteiger partial charge in [-0.2, -0.15) is 0 Å². The number of nitrogens with one attached hydrogen (secondary N) is 1. The van der Waals surface area contributed by atoms with E-state index in [-0.39, 0.29) is 0 Å². The smallest absolute Gasteiger partial charge is 0.332 e. The Morgan fingerprint density at radius 2 is 1.14 bits per heavy atom. The first-order valence-electron chi connectivity index (χ1n) is 12.1. The Hall–Kier alpha value is -0.610. The van der Waals surface area contributed by atoms with Crippen molar-refractivity contribution in [1.82, 2.24) is 5.32 Å². The van der Waals surface area contributed by atoms with Gasteiger partial charge in [0.2, 0.25) is 0 Å². The minimum absolute atomic E-state index is 0.396. The molecule has 0 aromatic carbocycles. The molecule has 0 rings (SSSR count). The van der Waals surface area contributed by atoms with Crippen LogP contribution in [0.5, 0.6) is 0 Å². The highest BCUT2D eigenvalue weighted by atomic mass is 16.4. The van der Waals surface area contributed by atoms with Crippen molar-refractivity contribution in [3.05, 3.63) is 0 Å². The van der Waals surface area contributed by atoms with Crippen molar-refractivity contribution >= 4 is 5.97 Å². The maximum Gasteiger partial charge on any atom is 0.332 e. The first-order chi connectivity index (χ1) is 13.5. The average Bonchev–Trinajstić information content (AvgIpc) is 2.68. The fourth-order valence-corrected chi connectivity index (χ4v) is 3.15. The van der Waals surface area contributed by atoms with E-state index in [0.29, 0.717) is 12.5 Å². The van der Waals surface area contributed by atoms with Gasteiger partial charge in [0.15, 0.2) is 6.10 Å². The van der Waals surface area contributed by atoms with Crippen LogP contribution in [0.25, 0.3) is 0 Å². The number of aliphatic hydroxyl groups is 1. The molecule has 0 heterocycles. The third kappa shape index (κ3) is 25.4. The van der Waals surface area contributed by atoms with Crippen molar-refractivity contribution < 1.29 is 15.0 Å². The van der Waals surface area contributed by atoms with Crippen molar-refractivity contribution in [2.75, 3.05) is 6.54 Å². The summed E-state index contributed by atoms with van der Waals surface area (Å²) in [7, 11) is 0. The van der Waals surface area contributed by atoms with Crippen molar-refractivity contribution in [3.63, 3.8) is 0 Å². The molecule has 3 N–H and O–H groups in total. The second kappa shape index (κ2) is 24.4. The molecule has 0 radical (unpaired) electrons. The number of carboxylic acid groups (broad SMARTS) is 1. The SMILES string of the molecule is CCCCCCCCCCCCCCCCC(O)C(=O)O.CCNC(C)CC. The Labute approximate surface area is 175 Å². The molecule has 0 saturated carbocycles. The van der Waals surface area contributed by atoms with Gasteiger partial charge in [0.25, 0.3) is 0 Å². The molecule has 0 aliphatic rings. The minimum atomic E-state index is -1.16. The van der Waals surface area contributed by atoms with Crippen LogP contribution in [0.3, 0.4) is 0 Å². The minimum Gasteiger partial charge on any atom is -0.479 e. The Morgan fingerprint density at radius 1 is 0.750 bits per heavy atom. The van der Waals surface area contributed by atoms with Gasteiger partial charge in [-0.25, -0.2) is 4.79 Å². The van der Waals surface area contributed by atoms with E-state index in [1.165, 1.54) is 83.5 Å². The summed E-state index contributed by atoms with van der Waals surface area (Å²) in [6.45, 7) is 9.87. The van der Waals surface area contributed by atoms with E-state index in [9.17, 15) is 4.79 Å². The molecule has 2 unspecified atom stereocenters. The van der Waals surface area contributed by atoms with Crippen LogP contribution in [0.1, 0.15) is 130 Å². The zero-order chi connectivity index (χ0) is 21.5. The largest absolute Gasteiger partial charge is 0.479 e. The van der Waals surface area contributed by atoms with Gasteiger partial charge in [-0.1, -0.05) is 111 Å². The van der Waals surface area contributed by atoms with Gasteiger partial charge in [0.05, 0.1) is 0 Å². The van der Waals surface area contributed by atoms with E-state index in [1.54, 1.807) is 0 Å². The lowest BCUT2D eigenvalue weighted by molar-refractivity contribution is -0.146. The van der Waals surface area contributed by atoms with Crippen LogP contribution >= 0.6 is 0 Å². The van der Waals surface area contributed by atoms with Gasteiger partial charge < -0.3 is 15.5 Å². The Bertz CT molecular complexity index is 310. The van der Waals surface area contributed by atoms with Crippen LogP contribution in [0.2, 0.25) is 0 Å². The summed E-state index contributed by atoms with van der Waals surface area (Å²) in [5.74, 6) is -1.09. The Kier molecular flexibility index (Phi) is 25.8. The standard InChI is InChI=1S/C18H36O3.C6H15N/c1-2-3-4-5-6-7-8-9-10-11-12-13-14-15-16-17(19)18(20)21;1-4-6(3)7-5-2/h17,19H,2-16H2,1H3,(H,20,21);6-7H,4-5H2,1-3H3. The Balaban J connectivity index is 0. The molecule has 170 valence electrons. The number of rotatable bonds is 19. The highest BCUT2D eigenvalue weighted by molar-refractivity contribution is 5.71. The fraction of sp³-hybridized carbons (Fsp3) is 0.958. The van der Waals surface area contributed by atoms with Gasteiger partial charge in [-0.15, -0.1) is 0 Å². The van der Waals surface area contributed by atoms with E-state index in [1.807, 2.05) is 0 Å².